The molecule has 180 valence electrons. The molecule has 0 amide bonds. The predicted octanol–water partition coefficient (Wildman–Crippen LogP) is 6.94. The normalized spacial score (nSPS) is 10.9. The van der Waals surface area contributed by atoms with Crippen molar-refractivity contribution in [1.82, 2.24) is 9.55 Å². The van der Waals surface area contributed by atoms with E-state index in [0.29, 0.717) is 6.42 Å². The number of carbonyl (C=O) groups excluding carboxylic acids is 1. The van der Waals surface area contributed by atoms with Crippen LogP contribution in [0.1, 0.15) is 70.0 Å². The largest absolute Gasteiger partial charge is 0.481 e. The molecule has 0 unspecified atom stereocenters. The minimum atomic E-state index is -0.711. The van der Waals surface area contributed by atoms with Crippen LogP contribution >= 0.6 is 0 Å². The highest BCUT2D eigenvalue weighted by molar-refractivity contribution is 5.79. The molecule has 0 saturated carbocycles. The molecule has 0 aliphatic rings. The van der Waals surface area contributed by atoms with Crippen molar-refractivity contribution in [3.63, 3.8) is 0 Å². The summed E-state index contributed by atoms with van der Waals surface area (Å²) in [6.07, 6.45) is 10.6. The third-order valence-electron chi connectivity index (χ3n) is 6.14. The lowest BCUT2D eigenvalue weighted by atomic mass is 10.0. The third-order valence-corrected chi connectivity index (χ3v) is 6.14. The van der Waals surface area contributed by atoms with Crippen molar-refractivity contribution in [2.75, 3.05) is 0 Å². The second kappa shape index (κ2) is 14.1. The topological polar surface area (TPSA) is 72.2 Å². The van der Waals surface area contributed by atoms with Gasteiger partial charge in [-0.2, -0.15) is 0 Å². The number of imidazole rings is 1. The molecule has 1 N–H and O–H groups in total. The van der Waals surface area contributed by atoms with Crippen LogP contribution < -0.4 is 0 Å². The molecule has 0 aliphatic heterocycles. The van der Waals surface area contributed by atoms with Crippen molar-refractivity contribution in [3.8, 4) is 22.5 Å². The van der Waals surface area contributed by atoms with E-state index in [9.17, 15) is 9.59 Å². The molecule has 3 aromatic rings. The van der Waals surface area contributed by atoms with Crippen LogP contribution in [0.3, 0.4) is 0 Å². The van der Waals surface area contributed by atoms with Crippen LogP contribution in [0.15, 0.2) is 60.7 Å². The Morgan fingerprint density at radius 2 is 1.41 bits per heavy atom. The molecule has 3 rings (SSSR count). The Bertz CT molecular complexity index is 1010. The van der Waals surface area contributed by atoms with Gasteiger partial charge in [-0.1, -0.05) is 86.3 Å². The van der Waals surface area contributed by atoms with Gasteiger partial charge in [-0.15, -0.1) is 0 Å². The van der Waals surface area contributed by atoms with Crippen molar-refractivity contribution in [2.45, 2.75) is 77.2 Å². The number of carboxylic acid groups (broad SMARTS) is 1. The van der Waals surface area contributed by atoms with E-state index >= 15 is 0 Å². The molecule has 0 bridgehead atoms. The fourth-order valence-electron chi connectivity index (χ4n) is 4.38. The summed E-state index contributed by atoms with van der Waals surface area (Å²) in [5, 5.41) is 8.82. The number of aromatic nitrogens is 2. The number of aliphatic carboxylic acids is 1. The number of benzene rings is 2. The smallest absolute Gasteiger partial charge is 0.303 e. The van der Waals surface area contributed by atoms with Crippen molar-refractivity contribution in [2.24, 2.45) is 0 Å². The molecule has 0 fully saturated rings. The van der Waals surface area contributed by atoms with E-state index in [1.54, 1.807) is 0 Å². The summed E-state index contributed by atoms with van der Waals surface area (Å²) in [5.74, 6) is 0.395. The molecule has 0 aliphatic carbocycles. The fourth-order valence-corrected chi connectivity index (χ4v) is 4.38. The van der Waals surface area contributed by atoms with Gasteiger partial charge in [-0.05, 0) is 25.7 Å². The van der Waals surface area contributed by atoms with Crippen molar-refractivity contribution in [3.05, 3.63) is 66.5 Å². The molecule has 0 spiro atoms. The van der Waals surface area contributed by atoms with E-state index in [-0.39, 0.29) is 6.42 Å². The first-order chi connectivity index (χ1) is 16.7. The molecule has 0 atom stereocenters. The zero-order chi connectivity index (χ0) is 24.0. The Morgan fingerprint density at radius 3 is 2.09 bits per heavy atom. The van der Waals surface area contributed by atoms with E-state index in [4.69, 9.17) is 10.1 Å². The highest BCUT2D eigenvalue weighted by Gasteiger charge is 2.19. The lowest BCUT2D eigenvalue weighted by molar-refractivity contribution is -0.137. The molecule has 34 heavy (non-hydrogen) atoms. The van der Waals surface area contributed by atoms with Crippen LogP contribution in [0.4, 0.5) is 0 Å². The number of carboxylic acids is 1. The van der Waals surface area contributed by atoms with Crippen molar-refractivity contribution >= 4 is 12.3 Å². The summed E-state index contributed by atoms with van der Waals surface area (Å²) in [6, 6.07) is 20.9. The number of hydrogen-bond donors (Lipinski definition) is 1. The average Bonchev–Trinajstić information content (AvgIpc) is 3.22. The Balaban J connectivity index is 1.82. The number of hydrogen-bond acceptors (Lipinski definition) is 3. The highest BCUT2D eigenvalue weighted by Crippen LogP contribution is 2.34. The monoisotopic (exact) mass is 460 g/mol. The van der Waals surface area contributed by atoms with Gasteiger partial charge in [0.15, 0.2) is 0 Å². The summed E-state index contributed by atoms with van der Waals surface area (Å²) in [4.78, 5) is 26.5. The second-order valence-electron chi connectivity index (χ2n) is 8.79. The fraction of sp³-hybridized carbons (Fsp3) is 0.414. The molecular formula is C29H36N2O3. The first kappa shape index (κ1) is 25.4. The summed E-state index contributed by atoms with van der Waals surface area (Å²) < 4.78 is 2.40. The van der Waals surface area contributed by atoms with Gasteiger partial charge in [0.1, 0.15) is 12.1 Å². The number of carbonyl (C=O) groups is 2. The number of aryl methyl sites for hydroxylation is 1. The molecule has 0 radical (unpaired) electrons. The van der Waals surface area contributed by atoms with Crippen LogP contribution in [-0.4, -0.2) is 26.9 Å². The number of aldehydes is 1. The number of nitrogens with zero attached hydrogens (tertiary/aromatic N) is 2. The molecule has 2 aromatic carbocycles. The zero-order valence-corrected chi connectivity index (χ0v) is 20.0. The Kier molecular flexibility index (Phi) is 10.6. The third kappa shape index (κ3) is 7.68. The van der Waals surface area contributed by atoms with Gasteiger partial charge >= 0.3 is 5.97 Å². The zero-order valence-electron chi connectivity index (χ0n) is 20.0. The standard InChI is InChI=1S/C29H36N2O3/c32-23-15-5-3-12-20-26-30-28(24-16-8-6-9-17-24)29(25-18-10-7-11-19-25)31(26)22-14-4-1-2-13-21-27(33)34/h6-11,16-19,23H,1-5,12-15,20-22H2,(H,33,34). The van der Waals surface area contributed by atoms with Gasteiger partial charge in [-0.3, -0.25) is 4.79 Å². The van der Waals surface area contributed by atoms with E-state index in [1.807, 2.05) is 12.1 Å². The highest BCUT2D eigenvalue weighted by atomic mass is 16.4. The number of unbranched alkanes of at least 4 members (excludes halogenated alkanes) is 7. The molecule has 1 heterocycles. The second-order valence-corrected chi connectivity index (χ2v) is 8.79. The molecule has 5 nitrogen and oxygen atoms in total. The maximum atomic E-state index is 10.7. The Morgan fingerprint density at radius 1 is 0.794 bits per heavy atom. The predicted molar refractivity (Wildman–Crippen MR) is 137 cm³/mol. The van der Waals surface area contributed by atoms with Gasteiger partial charge in [0, 0.05) is 36.9 Å². The molecule has 1 aromatic heterocycles. The first-order valence-electron chi connectivity index (χ1n) is 12.6. The molecular weight excluding hydrogens is 424 g/mol. The van der Waals surface area contributed by atoms with Crippen LogP contribution in [0.25, 0.3) is 22.5 Å². The van der Waals surface area contributed by atoms with Gasteiger partial charge in [0.2, 0.25) is 0 Å². The van der Waals surface area contributed by atoms with Crippen molar-refractivity contribution < 1.29 is 14.7 Å². The van der Waals surface area contributed by atoms with Crippen LogP contribution in [0.5, 0.6) is 0 Å². The molecule has 5 heteroatoms. The van der Waals surface area contributed by atoms with E-state index in [2.05, 4.69) is 53.1 Å². The Labute approximate surface area is 202 Å². The van der Waals surface area contributed by atoms with Crippen LogP contribution in [-0.2, 0) is 22.6 Å². The first-order valence-corrected chi connectivity index (χ1v) is 12.6. The number of rotatable bonds is 16. The lowest BCUT2D eigenvalue weighted by Crippen LogP contribution is -2.06. The maximum absolute atomic E-state index is 10.7. The van der Waals surface area contributed by atoms with Crippen LogP contribution in [0.2, 0.25) is 0 Å². The van der Waals surface area contributed by atoms with Gasteiger partial charge in [0.05, 0.1) is 11.4 Å². The minimum Gasteiger partial charge on any atom is -0.481 e. The summed E-state index contributed by atoms with van der Waals surface area (Å²) in [6.45, 7) is 0.895. The van der Waals surface area contributed by atoms with Gasteiger partial charge < -0.3 is 14.5 Å². The van der Waals surface area contributed by atoms with E-state index < -0.39 is 5.97 Å². The lowest BCUT2D eigenvalue weighted by Gasteiger charge is -2.13. The Hall–Kier alpha value is -3.21. The average molecular weight is 461 g/mol. The van der Waals surface area contributed by atoms with Crippen molar-refractivity contribution in [1.29, 1.82) is 0 Å². The minimum absolute atomic E-state index is 0.258. The SMILES string of the molecule is O=CCCCCCc1nc(-c2ccccc2)c(-c2ccccc2)n1CCCCCCCC(=O)O. The summed E-state index contributed by atoms with van der Waals surface area (Å²) in [5.41, 5.74) is 4.48. The molecule has 0 saturated heterocycles. The van der Waals surface area contributed by atoms with Crippen LogP contribution in [0, 0.1) is 0 Å². The summed E-state index contributed by atoms with van der Waals surface area (Å²) >= 11 is 0. The van der Waals surface area contributed by atoms with Gasteiger partial charge in [-0.25, -0.2) is 4.98 Å². The van der Waals surface area contributed by atoms with E-state index in [1.165, 1.54) is 11.3 Å². The van der Waals surface area contributed by atoms with E-state index in [0.717, 1.165) is 87.7 Å². The maximum Gasteiger partial charge on any atom is 0.303 e. The quantitative estimate of drug-likeness (QED) is 0.185. The summed E-state index contributed by atoms with van der Waals surface area (Å²) in [7, 11) is 0. The van der Waals surface area contributed by atoms with Gasteiger partial charge in [0.25, 0.3) is 0 Å².